The van der Waals surface area contributed by atoms with Crippen LogP contribution in [0.15, 0.2) is 53.4 Å². The summed E-state index contributed by atoms with van der Waals surface area (Å²) in [6.45, 7) is 2.41. The second-order valence-corrected chi connectivity index (χ2v) is 5.78. The van der Waals surface area contributed by atoms with Crippen LogP contribution in [0.3, 0.4) is 0 Å². The summed E-state index contributed by atoms with van der Waals surface area (Å²) in [4.78, 5) is 1.23. The first-order valence-corrected chi connectivity index (χ1v) is 7.92. The highest BCUT2D eigenvalue weighted by molar-refractivity contribution is 7.98. The van der Waals surface area contributed by atoms with Gasteiger partial charge in [0.25, 0.3) is 0 Å². The molecule has 0 radical (unpaired) electrons. The molecule has 0 aliphatic rings. The molecule has 0 amide bonds. The van der Waals surface area contributed by atoms with E-state index in [2.05, 4.69) is 29.6 Å². The lowest BCUT2D eigenvalue weighted by Gasteiger charge is -2.07. The zero-order valence-electron chi connectivity index (χ0n) is 12.1. The molecule has 2 aromatic carbocycles. The zero-order valence-corrected chi connectivity index (χ0v) is 13.0. The van der Waals surface area contributed by atoms with Gasteiger partial charge in [0.1, 0.15) is 5.82 Å². The number of methoxy groups -OCH3 is 1. The third-order valence-electron chi connectivity index (χ3n) is 3.03. The van der Waals surface area contributed by atoms with E-state index in [1.54, 1.807) is 18.9 Å². The number of hydrogen-bond donors (Lipinski definition) is 1. The van der Waals surface area contributed by atoms with E-state index in [1.807, 2.05) is 12.1 Å². The Balaban J connectivity index is 1.84. The summed E-state index contributed by atoms with van der Waals surface area (Å²) in [5, 5.41) is 3.33. The Morgan fingerprint density at radius 1 is 1.10 bits per heavy atom. The Labute approximate surface area is 129 Å². The topological polar surface area (TPSA) is 21.3 Å². The summed E-state index contributed by atoms with van der Waals surface area (Å²) in [5.41, 5.74) is 2.39. The average molecular weight is 305 g/mol. The third kappa shape index (κ3) is 5.87. The first kappa shape index (κ1) is 16.0. The van der Waals surface area contributed by atoms with Gasteiger partial charge in [-0.25, -0.2) is 4.39 Å². The van der Waals surface area contributed by atoms with Crippen molar-refractivity contribution in [3.05, 3.63) is 65.5 Å². The predicted octanol–water partition coefficient (Wildman–Crippen LogP) is 3.85. The maximum Gasteiger partial charge on any atom is 0.123 e. The molecular weight excluding hydrogens is 285 g/mol. The molecule has 0 atom stereocenters. The number of ether oxygens (including phenoxy) is 1. The van der Waals surface area contributed by atoms with Gasteiger partial charge >= 0.3 is 0 Å². The lowest BCUT2D eigenvalue weighted by molar-refractivity contribution is 0.199. The molecule has 0 spiro atoms. The second kappa shape index (κ2) is 8.82. The quantitative estimate of drug-likeness (QED) is 0.591. The summed E-state index contributed by atoms with van der Waals surface area (Å²) in [6.07, 6.45) is 0. The number of nitrogens with one attached hydrogen (secondary N) is 1. The van der Waals surface area contributed by atoms with Gasteiger partial charge in [-0.15, -0.1) is 11.8 Å². The van der Waals surface area contributed by atoms with Crippen molar-refractivity contribution < 1.29 is 9.13 Å². The van der Waals surface area contributed by atoms with Gasteiger partial charge in [-0.1, -0.05) is 24.3 Å². The van der Waals surface area contributed by atoms with Crippen molar-refractivity contribution in [2.45, 2.75) is 17.2 Å². The summed E-state index contributed by atoms with van der Waals surface area (Å²) in [5.74, 6) is 0.661. The second-order valence-electron chi connectivity index (χ2n) is 4.73. The van der Waals surface area contributed by atoms with Gasteiger partial charge in [-0.3, -0.25) is 0 Å². The first-order valence-electron chi connectivity index (χ1n) is 6.94. The van der Waals surface area contributed by atoms with Crippen LogP contribution in [0.1, 0.15) is 11.1 Å². The minimum absolute atomic E-state index is 0.187. The molecule has 0 unspecified atom stereocenters. The highest BCUT2D eigenvalue weighted by Gasteiger charge is 1.99. The van der Waals surface area contributed by atoms with Gasteiger partial charge in [0.05, 0.1) is 6.61 Å². The molecule has 4 heteroatoms. The fraction of sp³-hybridized carbons (Fsp3) is 0.294. The smallest absolute Gasteiger partial charge is 0.123 e. The van der Waals surface area contributed by atoms with Gasteiger partial charge in [-0.2, -0.15) is 0 Å². The molecule has 0 fully saturated rings. The molecule has 2 rings (SSSR count). The molecular formula is C17H20FNOS. The van der Waals surface area contributed by atoms with Gasteiger partial charge in [0, 0.05) is 30.8 Å². The monoisotopic (exact) mass is 305 g/mol. The first-order chi connectivity index (χ1) is 10.3. The number of rotatable bonds is 8. The highest BCUT2D eigenvalue weighted by Crippen LogP contribution is 2.23. The van der Waals surface area contributed by atoms with Crippen LogP contribution in [0.2, 0.25) is 0 Å². The summed E-state index contributed by atoms with van der Waals surface area (Å²) < 4.78 is 17.9. The van der Waals surface area contributed by atoms with Gasteiger partial charge < -0.3 is 10.1 Å². The Kier molecular flexibility index (Phi) is 6.73. The van der Waals surface area contributed by atoms with Crippen molar-refractivity contribution in [3.8, 4) is 0 Å². The van der Waals surface area contributed by atoms with Crippen molar-refractivity contribution in [3.63, 3.8) is 0 Å². The van der Waals surface area contributed by atoms with Crippen molar-refractivity contribution in [2.75, 3.05) is 20.3 Å². The number of thioether (sulfide) groups is 1. The average Bonchev–Trinajstić information content (AvgIpc) is 2.52. The summed E-state index contributed by atoms with van der Waals surface area (Å²) >= 11 is 1.76. The molecule has 0 aliphatic carbocycles. The van der Waals surface area contributed by atoms with E-state index in [-0.39, 0.29) is 5.82 Å². The minimum atomic E-state index is -0.187. The molecule has 2 aromatic rings. The van der Waals surface area contributed by atoms with E-state index in [0.717, 1.165) is 31.0 Å². The van der Waals surface area contributed by atoms with Crippen LogP contribution in [0, 0.1) is 5.82 Å². The zero-order chi connectivity index (χ0) is 14.9. The highest BCUT2D eigenvalue weighted by atomic mass is 32.2. The third-order valence-corrected chi connectivity index (χ3v) is 4.09. The molecule has 0 heterocycles. The van der Waals surface area contributed by atoms with Crippen LogP contribution < -0.4 is 5.32 Å². The Bertz CT molecular complexity index is 545. The fourth-order valence-corrected chi connectivity index (χ4v) is 2.83. The van der Waals surface area contributed by atoms with E-state index < -0.39 is 0 Å². The molecule has 0 aromatic heterocycles. The number of hydrogen-bond acceptors (Lipinski definition) is 3. The Morgan fingerprint density at radius 3 is 2.67 bits per heavy atom. The van der Waals surface area contributed by atoms with Crippen LogP contribution in [0.25, 0.3) is 0 Å². The summed E-state index contributed by atoms with van der Waals surface area (Å²) in [6, 6.07) is 15.2. The largest absolute Gasteiger partial charge is 0.383 e. The van der Waals surface area contributed by atoms with E-state index in [9.17, 15) is 4.39 Å². The molecule has 0 aliphatic heterocycles. The van der Waals surface area contributed by atoms with E-state index >= 15 is 0 Å². The van der Waals surface area contributed by atoms with Crippen molar-refractivity contribution in [2.24, 2.45) is 0 Å². The van der Waals surface area contributed by atoms with E-state index in [1.165, 1.54) is 22.6 Å². The standard InChI is InChI=1S/C17H20FNOS/c1-20-10-9-19-12-15-3-2-4-17(11-15)21-13-14-5-7-16(18)8-6-14/h2-8,11,19H,9-10,12-13H2,1H3. The molecule has 0 bridgehead atoms. The SMILES string of the molecule is COCCNCc1cccc(SCc2ccc(F)cc2)c1. The summed E-state index contributed by atoms with van der Waals surface area (Å²) in [7, 11) is 1.70. The maximum atomic E-state index is 12.9. The van der Waals surface area contributed by atoms with E-state index in [0.29, 0.717) is 0 Å². The molecule has 21 heavy (non-hydrogen) atoms. The molecule has 0 saturated heterocycles. The predicted molar refractivity (Wildman–Crippen MR) is 86.0 cm³/mol. The Hall–Kier alpha value is -1.36. The van der Waals surface area contributed by atoms with Gasteiger partial charge in [0.15, 0.2) is 0 Å². The van der Waals surface area contributed by atoms with Crippen molar-refractivity contribution >= 4 is 11.8 Å². The van der Waals surface area contributed by atoms with Crippen LogP contribution >= 0.6 is 11.8 Å². The van der Waals surface area contributed by atoms with Crippen molar-refractivity contribution in [1.29, 1.82) is 0 Å². The lowest BCUT2D eigenvalue weighted by atomic mass is 10.2. The van der Waals surface area contributed by atoms with Gasteiger partial charge in [-0.05, 0) is 35.4 Å². The van der Waals surface area contributed by atoms with Gasteiger partial charge in [0.2, 0.25) is 0 Å². The Morgan fingerprint density at radius 2 is 1.90 bits per heavy atom. The van der Waals surface area contributed by atoms with Crippen molar-refractivity contribution in [1.82, 2.24) is 5.32 Å². The fourth-order valence-electron chi connectivity index (χ4n) is 1.90. The van der Waals surface area contributed by atoms with E-state index in [4.69, 9.17) is 4.74 Å². The number of halogens is 1. The molecule has 2 nitrogen and oxygen atoms in total. The minimum Gasteiger partial charge on any atom is -0.383 e. The normalized spacial score (nSPS) is 10.8. The van der Waals surface area contributed by atoms with Crippen LogP contribution in [0.5, 0.6) is 0 Å². The van der Waals surface area contributed by atoms with Crippen LogP contribution in [-0.2, 0) is 17.0 Å². The molecule has 112 valence electrons. The lowest BCUT2D eigenvalue weighted by Crippen LogP contribution is -2.18. The van der Waals surface area contributed by atoms with Crippen LogP contribution in [0.4, 0.5) is 4.39 Å². The number of benzene rings is 2. The van der Waals surface area contributed by atoms with Crippen LogP contribution in [-0.4, -0.2) is 20.3 Å². The molecule has 0 saturated carbocycles. The maximum absolute atomic E-state index is 12.9. The molecule has 1 N–H and O–H groups in total.